The molecule has 1 atom stereocenters. The minimum absolute atomic E-state index is 0.750. The molecule has 1 nitrogen and oxygen atoms in total. The summed E-state index contributed by atoms with van der Waals surface area (Å²) >= 11 is 5.16. The molecule has 0 rings (SSSR count). The summed E-state index contributed by atoms with van der Waals surface area (Å²) in [6, 6.07) is 0. The number of halogens is 1. The van der Waals surface area contributed by atoms with Gasteiger partial charge in [-0.05, 0) is 6.42 Å². The van der Waals surface area contributed by atoms with Crippen molar-refractivity contribution in [2.24, 2.45) is 0 Å². The highest BCUT2D eigenvalue weighted by molar-refractivity contribution is 6.20. The van der Waals surface area contributed by atoms with E-state index in [1.54, 1.807) is 6.42 Å². The highest BCUT2D eigenvalue weighted by Crippen LogP contribution is 2.00. The predicted octanol–water partition coefficient (Wildman–Crippen LogP) is 1.55. The summed E-state index contributed by atoms with van der Waals surface area (Å²) in [6.45, 7) is 2.04. The first-order chi connectivity index (χ1) is 3.27. The van der Waals surface area contributed by atoms with E-state index in [1.807, 2.05) is 6.92 Å². The zero-order valence-corrected chi connectivity index (χ0v) is 5.15. The first-order valence-electron chi connectivity index (χ1n) is 2.43. The Morgan fingerprint density at radius 3 is 2.57 bits per heavy atom. The molecule has 0 aliphatic rings. The lowest BCUT2D eigenvalue weighted by Crippen LogP contribution is -1.94. The molecule has 7 heavy (non-hydrogen) atoms. The van der Waals surface area contributed by atoms with Gasteiger partial charge in [0.05, 0.1) is 0 Å². The van der Waals surface area contributed by atoms with Crippen LogP contribution in [0.15, 0.2) is 0 Å². The van der Waals surface area contributed by atoms with E-state index in [0.717, 1.165) is 12.8 Å². The van der Waals surface area contributed by atoms with Crippen LogP contribution < -0.4 is 0 Å². The third kappa shape index (κ3) is 6.25. The largest absolute Gasteiger partial charge is 0.377 e. The van der Waals surface area contributed by atoms with E-state index in [0.29, 0.717) is 0 Å². The minimum Gasteiger partial charge on any atom is -0.377 e. The van der Waals surface area contributed by atoms with Gasteiger partial charge < -0.3 is 5.11 Å². The normalized spacial score (nSPS) is 14.1. The molecule has 0 heterocycles. The summed E-state index contributed by atoms with van der Waals surface area (Å²) < 4.78 is 0. The van der Waals surface area contributed by atoms with Gasteiger partial charge in [0, 0.05) is 6.42 Å². The molecular weight excluding hydrogens is 112 g/mol. The second kappa shape index (κ2) is 4.41. The number of hydrogen-bond acceptors (Lipinski definition) is 1. The predicted molar refractivity (Wildman–Crippen MR) is 31.1 cm³/mol. The molecule has 0 aromatic carbocycles. The SMILES string of the molecule is CCC[CH]C(O)Cl. The number of unbranched alkanes of at least 4 members (excludes halogenated alkanes) is 1. The van der Waals surface area contributed by atoms with Gasteiger partial charge in [-0.2, -0.15) is 0 Å². The van der Waals surface area contributed by atoms with Crippen molar-refractivity contribution < 1.29 is 5.11 Å². The highest BCUT2D eigenvalue weighted by atomic mass is 35.5. The van der Waals surface area contributed by atoms with Crippen LogP contribution in [0, 0.1) is 6.42 Å². The molecule has 0 aliphatic heterocycles. The average Bonchev–Trinajstić information content (AvgIpc) is 1.61. The van der Waals surface area contributed by atoms with Gasteiger partial charge in [-0.1, -0.05) is 24.9 Å². The van der Waals surface area contributed by atoms with Crippen LogP contribution >= 0.6 is 11.6 Å². The summed E-state index contributed by atoms with van der Waals surface area (Å²) in [7, 11) is 0. The maximum atomic E-state index is 8.39. The molecule has 1 N–H and O–H groups in total. The summed E-state index contributed by atoms with van der Waals surface area (Å²) in [5.41, 5.74) is -0.750. The smallest absolute Gasteiger partial charge is 0.131 e. The van der Waals surface area contributed by atoms with Gasteiger partial charge >= 0.3 is 0 Å². The van der Waals surface area contributed by atoms with E-state index < -0.39 is 5.56 Å². The Morgan fingerprint density at radius 2 is 2.43 bits per heavy atom. The lowest BCUT2D eigenvalue weighted by molar-refractivity contribution is 0.282. The average molecular weight is 122 g/mol. The zero-order valence-electron chi connectivity index (χ0n) is 4.39. The van der Waals surface area contributed by atoms with E-state index in [2.05, 4.69) is 0 Å². The Morgan fingerprint density at radius 1 is 1.86 bits per heavy atom. The fourth-order valence-electron chi connectivity index (χ4n) is 0.304. The summed E-state index contributed by atoms with van der Waals surface area (Å²) in [6.07, 6.45) is 3.61. The molecule has 0 aromatic heterocycles. The minimum atomic E-state index is -0.750. The third-order valence-corrected chi connectivity index (χ3v) is 0.828. The fraction of sp³-hybridized carbons (Fsp3) is 0.800. The van der Waals surface area contributed by atoms with Crippen LogP contribution in [-0.2, 0) is 0 Å². The lowest BCUT2D eigenvalue weighted by Gasteiger charge is -1.95. The number of aliphatic hydroxyl groups is 1. The summed E-state index contributed by atoms with van der Waals surface area (Å²) in [4.78, 5) is 0. The summed E-state index contributed by atoms with van der Waals surface area (Å²) in [5.74, 6) is 0. The fourth-order valence-corrected chi connectivity index (χ4v) is 0.430. The van der Waals surface area contributed by atoms with E-state index in [4.69, 9.17) is 16.7 Å². The Balaban J connectivity index is 2.68. The van der Waals surface area contributed by atoms with Crippen LogP contribution in [0.5, 0.6) is 0 Å². The molecular formula is C5H10ClO. The van der Waals surface area contributed by atoms with Gasteiger partial charge in [0.25, 0.3) is 0 Å². The van der Waals surface area contributed by atoms with Crippen molar-refractivity contribution in [3.8, 4) is 0 Å². The van der Waals surface area contributed by atoms with Crippen LogP contribution in [0.3, 0.4) is 0 Å². The van der Waals surface area contributed by atoms with Crippen LogP contribution in [0.2, 0.25) is 0 Å². The molecule has 0 fully saturated rings. The topological polar surface area (TPSA) is 20.2 Å². The van der Waals surface area contributed by atoms with Crippen molar-refractivity contribution in [1.29, 1.82) is 0 Å². The molecule has 1 unspecified atom stereocenters. The quantitative estimate of drug-likeness (QED) is 0.562. The van der Waals surface area contributed by atoms with Crippen LogP contribution in [0.4, 0.5) is 0 Å². The van der Waals surface area contributed by atoms with Crippen molar-refractivity contribution in [3.05, 3.63) is 6.42 Å². The van der Waals surface area contributed by atoms with Gasteiger partial charge in [0.15, 0.2) is 0 Å². The molecule has 0 bridgehead atoms. The summed E-state index contributed by atoms with van der Waals surface area (Å²) in [5, 5.41) is 8.39. The van der Waals surface area contributed by atoms with Crippen molar-refractivity contribution in [1.82, 2.24) is 0 Å². The second-order valence-corrected chi connectivity index (χ2v) is 1.84. The molecule has 0 aliphatic carbocycles. The van der Waals surface area contributed by atoms with Crippen LogP contribution in [0.1, 0.15) is 19.8 Å². The molecule has 0 amide bonds. The van der Waals surface area contributed by atoms with Gasteiger partial charge in [-0.3, -0.25) is 0 Å². The highest BCUT2D eigenvalue weighted by Gasteiger charge is 1.93. The molecule has 0 spiro atoms. The Hall–Kier alpha value is 0.250. The Labute approximate surface area is 49.3 Å². The zero-order chi connectivity index (χ0) is 5.70. The Bertz CT molecular complexity index is 37.1. The monoisotopic (exact) mass is 121 g/mol. The Kier molecular flexibility index (Phi) is 4.57. The molecule has 1 radical (unpaired) electrons. The van der Waals surface area contributed by atoms with Gasteiger partial charge in [-0.15, -0.1) is 0 Å². The van der Waals surface area contributed by atoms with E-state index in [-0.39, 0.29) is 0 Å². The van der Waals surface area contributed by atoms with E-state index >= 15 is 0 Å². The molecule has 2 heteroatoms. The van der Waals surface area contributed by atoms with Crippen LogP contribution in [0.25, 0.3) is 0 Å². The number of rotatable bonds is 3. The third-order valence-electron chi connectivity index (χ3n) is 0.650. The van der Waals surface area contributed by atoms with Crippen molar-refractivity contribution >= 4 is 11.6 Å². The van der Waals surface area contributed by atoms with Crippen molar-refractivity contribution in [2.45, 2.75) is 25.3 Å². The maximum absolute atomic E-state index is 8.39. The molecule has 43 valence electrons. The van der Waals surface area contributed by atoms with Crippen LogP contribution in [-0.4, -0.2) is 10.7 Å². The molecule has 0 saturated heterocycles. The van der Waals surface area contributed by atoms with Gasteiger partial charge in [0.2, 0.25) is 0 Å². The van der Waals surface area contributed by atoms with E-state index in [9.17, 15) is 0 Å². The first-order valence-corrected chi connectivity index (χ1v) is 2.86. The first kappa shape index (κ1) is 7.25. The van der Waals surface area contributed by atoms with Gasteiger partial charge in [0.1, 0.15) is 5.56 Å². The lowest BCUT2D eigenvalue weighted by atomic mass is 10.3. The van der Waals surface area contributed by atoms with Crippen molar-refractivity contribution in [3.63, 3.8) is 0 Å². The number of alkyl halides is 1. The maximum Gasteiger partial charge on any atom is 0.131 e. The molecule has 0 saturated carbocycles. The van der Waals surface area contributed by atoms with E-state index in [1.165, 1.54) is 0 Å². The van der Waals surface area contributed by atoms with Crippen molar-refractivity contribution in [2.75, 3.05) is 0 Å². The second-order valence-electron chi connectivity index (χ2n) is 1.40. The number of aliphatic hydroxyl groups excluding tert-OH is 1. The van der Waals surface area contributed by atoms with Gasteiger partial charge in [-0.25, -0.2) is 0 Å². The number of hydrogen-bond donors (Lipinski definition) is 1. The standard InChI is InChI=1S/C5H10ClO/c1-2-3-4-5(6)7/h4-5,7H,2-3H2,1H3. The molecule has 0 aromatic rings.